The topological polar surface area (TPSA) is 125 Å². The zero-order chi connectivity index (χ0) is 31.4. The van der Waals surface area contributed by atoms with Crippen LogP contribution in [0.1, 0.15) is 60.3 Å². The number of nitrogens with one attached hydrogen (secondary N) is 1. The van der Waals surface area contributed by atoms with E-state index in [1.807, 2.05) is 26.0 Å². The molecule has 1 aliphatic carbocycles. The third-order valence-corrected chi connectivity index (χ3v) is 9.76. The molecule has 230 valence electrons. The van der Waals surface area contributed by atoms with Crippen LogP contribution in [-0.4, -0.2) is 60.2 Å². The maximum Gasteiger partial charge on any atom is 0.305 e. The van der Waals surface area contributed by atoms with Gasteiger partial charge >= 0.3 is 5.97 Å². The maximum absolute atomic E-state index is 12.2. The summed E-state index contributed by atoms with van der Waals surface area (Å²) in [6.45, 7) is 10.2. The highest BCUT2D eigenvalue weighted by Gasteiger charge is 2.41. The second-order valence-corrected chi connectivity index (χ2v) is 12.1. The molecule has 3 N–H and O–H groups in total. The molecule has 6 rings (SSSR count). The van der Waals surface area contributed by atoms with E-state index in [1.165, 1.54) is 7.11 Å². The number of allylic oxidation sites excluding steroid dienone is 11. The molecule has 0 radical (unpaired) electrons. The number of ether oxygens (including phenoxy) is 2. The Balaban J connectivity index is 1.60. The summed E-state index contributed by atoms with van der Waals surface area (Å²) < 4.78 is 10.7. The number of hydrogen-bond acceptors (Lipinski definition) is 9. The Morgan fingerprint density at radius 3 is 2.45 bits per heavy atom. The Bertz CT molecular complexity index is 1720. The summed E-state index contributed by atoms with van der Waals surface area (Å²) in [5.41, 5.74) is 13.3. The van der Waals surface area contributed by atoms with E-state index in [9.17, 15) is 15.0 Å². The van der Waals surface area contributed by atoms with Crippen molar-refractivity contribution < 1.29 is 24.5 Å². The van der Waals surface area contributed by atoms with Crippen molar-refractivity contribution in [2.45, 2.75) is 66.4 Å². The van der Waals surface area contributed by atoms with E-state index in [4.69, 9.17) is 24.5 Å². The second-order valence-electron chi connectivity index (χ2n) is 12.1. The van der Waals surface area contributed by atoms with E-state index in [0.717, 1.165) is 85.4 Å². The average molecular weight is 597 g/mol. The highest BCUT2D eigenvalue weighted by Crippen LogP contribution is 2.46. The Morgan fingerprint density at radius 1 is 1.05 bits per heavy atom. The first-order valence-corrected chi connectivity index (χ1v) is 15.3. The molecule has 9 nitrogen and oxygen atoms in total. The molecule has 5 heterocycles. The molecule has 0 aromatic carbocycles. The van der Waals surface area contributed by atoms with Crippen LogP contribution in [0.25, 0.3) is 0 Å². The number of aliphatic hydroxyl groups is 2. The molecule has 0 amide bonds. The average Bonchev–Trinajstić information content (AvgIpc) is 3.76. The van der Waals surface area contributed by atoms with Crippen molar-refractivity contribution in [3.8, 4) is 0 Å². The number of rotatable bonds is 7. The lowest BCUT2D eigenvalue weighted by molar-refractivity contribution is -0.140. The van der Waals surface area contributed by atoms with Crippen LogP contribution in [0.4, 0.5) is 0 Å². The van der Waals surface area contributed by atoms with E-state index in [1.54, 1.807) is 7.11 Å². The lowest BCUT2D eigenvalue weighted by Gasteiger charge is -2.17. The number of carbonyl (C=O) groups is 1. The van der Waals surface area contributed by atoms with Gasteiger partial charge in [0.05, 0.1) is 47.9 Å². The van der Waals surface area contributed by atoms with Gasteiger partial charge in [0.2, 0.25) is 0 Å². The van der Waals surface area contributed by atoms with E-state index in [2.05, 4.69) is 32.2 Å². The number of fused-ring (bicyclic) bond motifs is 5. The fraction of sp³-hybridized carbons (Fsp3) is 0.429. The Labute approximate surface area is 258 Å². The summed E-state index contributed by atoms with van der Waals surface area (Å²) in [5, 5.41) is 25.2. The smallest absolute Gasteiger partial charge is 0.305 e. The zero-order valence-electron chi connectivity index (χ0n) is 26.5. The van der Waals surface area contributed by atoms with Gasteiger partial charge in [-0.1, -0.05) is 13.8 Å². The lowest BCUT2D eigenvalue weighted by Crippen LogP contribution is -2.20. The third-order valence-electron chi connectivity index (χ3n) is 9.76. The van der Waals surface area contributed by atoms with Crippen molar-refractivity contribution in [3.05, 3.63) is 91.5 Å². The number of aliphatic hydroxyl groups excluding tert-OH is 2. The number of carbonyl (C=O) groups excluding carboxylic acids is 1. The van der Waals surface area contributed by atoms with Gasteiger partial charge in [0, 0.05) is 59.9 Å². The van der Waals surface area contributed by atoms with E-state index >= 15 is 0 Å². The molecule has 3 atom stereocenters. The molecule has 0 spiro atoms. The molecule has 44 heavy (non-hydrogen) atoms. The fourth-order valence-electron chi connectivity index (χ4n) is 7.19. The largest absolute Gasteiger partial charge is 0.511 e. The zero-order valence-corrected chi connectivity index (χ0v) is 26.5. The van der Waals surface area contributed by atoms with Gasteiger partial charge < -0.3 is 25.0 Å². The van der Waals surface area contributed by atoms with Gasteiger partial charge in [-0.25, -0.2) is 15.0 Å². The van der Waals surface area contributed by atoms with Crippen LogP contribution >= 0.6 is 0 Å². The van der Waals surface area contributed by atoms with Gasteiger partial charge in [0.1, 0.15) is 11.9 Å². The van der Waals surface area contributed by atoms with Gasteiger partial charge in [0.25, 0.3) is 0 Å². The van der Waals surface area contributed by atoms with E-state index < -0.39 is 6.10 Å². The molecule has 1 fully saturated rings. The Morgan fingerprint density at radius 2 is 1.77 bits per heavy atom. The van der Waals surface area contributed by atoms with Gasteiger partial charge in [0.15, 0.2) is 0 Å². The fourth-order valence-corrected chi connectivity index (χ4v) is 7.19. The van der Waals surface area contributed by atoms with Crippen molar-refractivity contribution in [3.63, 3.8) is 0 Å². The molecular weight excluding hydrogens is 556 g/mol. The molecule has 0 aromatic rings. The van der Waals surface area contributed by atoms with Crippen molar-refractivity contribution in [1.29, 1.82) is 0 Å². The van der Waals surface area contributed by atoms with Crippen LogP contribution in [0.15, 0.2) is 106 Å². The minimum absolute atomic E-state index is 0.0209. The van der Waals surface area contributed by atoms with E-state index in [-0.39, 0.29) is 30.8 Å². The molecule has 6 aliphatic rings. The number of aliphatic imine (C=N–C) groups is 3. The first-order valence-electron chi connectivity index (χ1n) is 15.3. The van der Waals surface area contributed by atoms with Crippen LogP contribution < -0.4 is 5.32 Å². The van der Waals surface area contributed by atoms with Gasteiger partial charge in [-0.3, -0.25) is 4.79 Å². The summed E-state index contributed by atoms with van der Waals surface area (Å²) in [7, 11) is 3.00. The molecular formula is C35H40N4O5. The summed E-state index contributed by atoms with van der Waals surface area (Å²) >= 11 is 0. The van der Waals surface area contributed by atoms with Crippen molar-refractivity contribution >= 4 is 23.1 Å². The van der Waals surface area contributed by atoms with Crippen LogP contribution in [0.5, 0.6) is 0 Å². The van der Waals surface area contributed by atoms with Crippen molar-refractivity contribution in [2.75, 3.05) is 20.8 Å². The molecule has 0 saturated carbocycles. The van der Waals surface area contributed by atoms with Crippen LogP contribution in [0.2, 0.25) is 0 Å². The van der Waals surface area contributed by atoms with Gasteiger partial charge in [-0.2, -0.15) is 0 Å². The standard InChI is InChI=1S/C35H40N4O5/c1-8-20-16(2)23-14-28-32(30(15-40)43-6)18(4)25(37-28)12-24-17(3)21(9-10-31(42)44-7)34(38-24)22-11-29(41)33-19(5)26(39-35(22)33)13-27(20)36-23/h12-14,17,21,30,38,40-41H,8-11,15H2,1-7H3/t17-,21-,30?/m0/s1. The van der Waals surface area contributed by atoms with Crippen LogP contribution in [0.3, 0.4) is 0 Å². The first kappa shape index (κ1) is 30.0. The molecule has 5 aliphatic heterocycles. The van der Waals surface area contributed by atoms with Crippen LogP contribution in [0, 0.1) is 11.8 Å². The summed E-state index contributed by atoms with van der Waals surface area (Å²) in [6.07, 6.45) is 7.55. The number of methoxy groups -OCH3 is 2. The molecule has 9 heteroatoms. The summed E-state index contributed by atoms with van der Waals surface area (Å²) in [6, 6.07) is 0. The minimum Gasteiger partial charge on any atom is -0.511 e. The highest BCUT2D eigenvalue weighted by molar-refractivity contribution is 6.21. The maximum atomic E-state index is 12.2. The third kappa shape index (κ3) is 4.70. The van der Waals surface area contributed by atoms with Gasteiger partial charge in [-0.15, -0.1) is 0 Å². The number of nitrogens with zero attached hydrogens (tertiary/aromatic N) is 3. The number of esters is 1. The Hall–Kier alpha value is -4.08. The summed E-state index contributed by atoms with van der Waals surface area (Å²) in [4.78, 5) is 27.5. The van der Waals surface area contributed by atoms with E-state index in [0.29, 0.717) is 24.3 Å². The number of hydrogen-bond donors (Lipinski definition) is 3. The quantitative estimate of drug-likeness (QED) is 0.328. The molecule has 0 aromatic heterocycles. The molecule has 1 unspecified atom stereocenters. The van der Waals surface area contributed by atoms with Crippen molar-refractivity contribution in [2.24, 2.45) is 26.8 Å². The van der Waals surface area contributed by atoms with Gasteiger partial charge in [-0.05, 0) is 74.1 Å². The lowest BCUT2D eigenvalue weighted by atomic mass is 9.86. The first-order chi connectivity index (χ1) is 21.1. The molecule has 8 bridgehead atoms. The predicted octanol–water partition coefficient (Wildman–Crippen LogP) is 5.62. The normalized spacial score (nSPS) is 24.9. The molecule has 1 saturated heterocycles. The predicted molar refractivity (Wildman–Crippen MR) is 171 cm³/mol. The van der Waals surface area contributed by atoms with Crippen molar-refractivity contribution in [1.82, 2.24) is 5.32 Å². The monoisotopic (exact) mass is 596 g/mol. The second kappa shape index (κ2) is 11.4. The van der Waals surface area contributed by atoms with Crippen LogP contribution in [-0.2, 0) is 14.3 Å². The SMILES string of the molecule is CCC1=C(C)C2=NC1=CC1=C(C)C3=C(O)CC(=C4NC(=CC5=NC(=C2)C(C(CO)OC)=C5C)[C@@H](C)[C@@H]4CCC(=O)OC)C3=N1. The summed E-state index contributed by atoms with van der Waals surface area (Å²) in [5.74, 6) is 0.0601. The minimum atomic E-state index is -0.543. The Kier molecular flexibility index (Phi) is 7.80. The highest BCUT2D eigenvalue weighted by atomic mass is 16.5.